The third-order valence-electron chi connectivity index (χ3n) is 5.24. The lowest BCUT2D eigenvalue weighted by Crippen LogP contribution is -2.52. The molecule has 0 bridgehead atoms. The van der Waals surface area contributed by atoms with Gasteiger partial charge in [0.25, 0.3) is 5.91 Å². The van der Waals surface area contributed by atoms with Gasteiger partial charge in [-0.15, -0.1) is 0 Å². The summed E-state index contributed by atoms with van der Waals surface area (Å²) < 4.78 is 24.2. The number of hydrogen-bond donors (Lipinski definition) is 0. The first-order valence-electron chi connectivity index (χ1n) is 8.98. The molecule has 2 aliphatic heterocycles. The average Bonchev–Trinajstić information content (AvgIpc) is 3.25. The maximum Gasteiger partial charge on any atom is 0.276 e. The first-order valence-corrected chi connectivity index (χ1v) is 8.98. The fraction of sp³-hybridized carbons (Fsp3) is 0.474. The van der Waals surface area contributed by atoms with Crippen LogP contribution in [0.5, 0.6) is 5.75 Å². The van der Waals surface area contributed by atoms with Crippen molar-refractivity contribution in [2.45, 2.75) is 32.4 Å². The van der Waals surface area contributed by atoms with Gasteiger partial charge < -0.3 is 14.2 Å². The maximum atomic E-state index is 13.3. The molecular weight excluding hydrogens is 337 g/mol. The molecule has 6 nitrogen and oxygen atoms in total. The van der Waals surface area contributed by atoms with E-state index in [1.54, 1.807) is 19.1 Å². The Balaban J connectivity index is 1.47. The molecule has 3 heterocycles. The molecule has 1 atom stereocenters. The van der Waals surface area contributed by atoms with Crippen LogP contribution in [0.4, 0.5) is 4.39 Å². The van der Waals surface area contributed by atoms with Gasteiger partial charge >= 0.3 is 0 Å². The molecule has 0 spiro atoms. The Hall–Kier alpha value is -2.41. The number of carbonyl (C=O) groups excluding carboxylic acids is 1. The summed E-state index contributed by atoms with van der Waals surface area (Å²) >= 11 is 0. The summed E-state index contributed by atoms with van der Waals surface area (Å²) in [4.78, 5) is 17.3. The number of carbonyl (C=O) groups is 1. The van der Waals surface area contributed by atoms with E-state index in [1.807, 2.05) is 4.90 Å². The molecule has 0 radical (unpaired) electrons. The minimum atomic E-state index is -0.365. The van der Waals surface area contributed by atoms with E-state index in [0.717, 1.165) is 26.1 Å². The molecule has 1 aromatic carbocycles. The molecular formula is C19H22FN3O3. The lowest BCUT2D eigenvalue weighted by Gasteiger charge is -2.37. The number of rotatable bonds is 4. The van der Waals surface area contributed by atoms with Crippen molar-refractivity contribution in [1.82, 2.24) is 15.0 Å². The van der Waals surface area contributed by atoms with Crippen LogP contribution >= 0.6 is 0 Å². The smallest absolute Gasteiger partial charge is 0.276 e. The van der Waals surface area contributed by atoms with Crippen molar-refractivity contribution in [3.05, 3.63) is 47.1 Å². The van der Waals surface area contributed by atoms with Crippen LogP contribution in [0.1, 0.15) is 34.7 Å². The van der Waals surface area contributed by atoms with Crippen LogP contribution in [0.15, 0.2) is 28.8 Å². The van der Waals surface area contributed by atoms with Crippen LogP contribution in [0.3, 0.4) is 0 Å². The second-order valence-electron chi connectivity index (χ2n) is 6.90. The summed E-state index contributed by atoms with van der Waals surface area (Å²) in [6.45, 7) is 5.33. The van der Waals surface area contributed by atoms with E-state index in [0.29, 0.717) is 35.4 Å². The monoisotopic (exact) mass is 359 g/mol. The Morgan fingerprint density at radius 1 is 1.38 bits per heavy atom. The highest BCUT2D eigenvalue weighted by Crippen LogP contribution is 2.24. The molecule has 26 heavy (non-hydrogen) atoms. The fourth-order valence-electron chi connectivity index (χ4n) is 3.77. The molecule has 2 aliphatic rings. The molecule has 138 valence electrons. The highest BCUT2D eigenvalue weighted by Gasteiger charge is 2.34. The summed E-state index contributed by atoms with van der Waals surface area (Å²) in [5.41, 5.74) is 0.915. The van der Waals surface area contributed by atoms with Gasteiger partial charge in [-0.25, -0.2) is 4.39 Å². The van der Waals surface area contributed by atoms with Crippen molar-refractivity contribution in [3.8, 4) is 5.75 Å². The van der Waals surface area contributed by atoms with Gasteiger partial charge in [0.05, 0.1) is 5.56 Å². The van der Waals surface area contributed by atoms with Gasteiger partial charge in [0.2, 0.25) is 0 Å². The molecule has 2 aromatic rings. The average molecular weight is 359 g/mol. The van der Waals surface area contributed by atoms with Crippen molar-refractivity contribution in [3.63, 3.8) is 0 Å². The van der Waals surface area contributed by atoms with Crippen LogP contribution in [-0.4, -0.2) is 53.1 Å². The zero-order chi connectivity index (χ0) is 18.1. The van der Waals surface area contributed by atoms with E-state index in [1.165, 1.54) is 18.6 Å². The quantitative estimate of drug-likeness (QED) is 0.840. The normalized spacial score (nSPS) is 20.2. The molecule has 2 fully saturated rings. The lowest BCUT2D eigenvalue weighted by molar-refractivity contribution is 0.0559. The number of halogens is 1. The van der Waals surface area contributed by atoms with Gasteiger partial charge in [-0.1, -0.05) is 11.2 Å². The second kappa shape index (κ2) is 7.07. The highest BCUT2D eigenvalue weighted by atomic mass is 19.1. The van der Waals surface area contributed by atoms with Crippen molar-refractivity contribution in [2.24, 2.45) is 0 Å². The highest BCUT2D eigenvalue weighted by molar-refractivity contribution is 5.94. The molecule has 0 N–H and O–H groups in total. The fourth-order valence-corrected chi connectivity index (χ4v) is 3.77. The second-order valence-corrected chi connectivity index (χ2v) is 6.90. The molecule has 0 saturated carbocycles. The van der Waals surface area contributed by atoms with E-state index < -0.39 is 0 Å². The van der Waals surface area contributed by atoms with E-state index in [9.17, 15) is 9.18 Å². The predicted octanol–water partition coefficient (Wildman–Crippen LogP) is 2.62. The summed E-state index contributed by atoms with van der Waals surface area (Å²) in [5, 5.41) is 3.97. The lowest BCUT2D eigenvalue weighted by atomic mass is 10.1. The summed E-state index contributed by atoms with van der Waals surface area (Å²) in [6, 6.07) is 6.37. The SMILES string of the molecule is Cc1onc(C(=O)N2CCN3CCCC3C2)c1COc1cccc(F)c1. The molecule has 0 aliphatic carbocycles. The predicted molar refractivity (Wildman–Crippen MR) is 92.5 cm³/mol. The largest absolute Gasteiger partial charge is 0.489 e. The minimum Gasteiger partial charge on any atom is -0.489 e. The zero-order valence-electron chi connectivity index (χ0n) is 14.8. The first-order chi connectivity index (χ1) is 12.6. The number of benzene rings is 1. The zero-order valence-corrected chi connectivity index (χ0v) is 14.8. The van der Waals surface area contributed by atoms with Crippen LogP contribution in [0, 0.1) is 12.7 Å². The Bertz CT molecular complexity index is 807. The van der Waals surface area contributed by atoms with Crippen molar-refractivity contribution >= 4 is 5.91 Å². The number of aryl methyl sites for hydroxylation is 1. The third kappa shape index (κ3) is 3.31. The van der Waals surface area contributed by atoms with Gasteiger partial charge in [-0.2, -0.15) is 0 Å². The molecule has 7 heteroatoms. The van der Waals surface area contributed by atoms with Gasteiger partial charge in [-0.05, 0) is 38.4 Å². The Kier molecular flexibility index (Phi) is 4.63. The first kappa shape index (κ1) is 17.0. The number of piperazine rings is 1. The Morgan fingerprint density at radius 3 is 3.12 bits per heavy atom. The number of amides is 1. The van der Waals surface area contributed by atoms with Crippen LogP contribution in [0.2, 0.25) is 0 Å². The Labute approximate surface area is 151 Å². The van der Waals surface area contributed by atoms with Gasteiger partial charge in [0.1, 0.15) is 23.9 Å². The van der Waals surface area contributed by atoms with Crippen molar-refractivity contribution < 1.29 is 18.4 Å². The Morgan fingerprint density at radius 2 is 2.27 bits per heavy atom. The van der Waals surface area contributed by atoms with Gasteiger partial charge in [0.15, 0.2) is 5.69 Å². The van der Waals surface area contributed by atoms with Crippen molar-refractivity contribution in [1.29, 1.82) is 0 Å². The van der Waals surface area contributed by atoms with E-state index >= 15 is 0 Å². The van der Waals surface area contributed by atoms with Crippen molar-refractivity contribution in [2.75, 3.05) is 26.2 Å². The molecule has 1 aromatic heterocycles. The number of aromatic nitrogens is 1. The molecule has 2 saturated heterocycles. The third-order valence-corrected chi connectivity index (χ3v) is 5.24. The van der Waals surface area contributed by atoms with Gasteiger partial charge in [-0.3, -0.25) is 9.69 Å². The van der Waals surface area contributed by atoms with Crippen LogP contribution in [-0.2, 0) is 6.61 Å². The minimum absolute atomic E-state index is 0.114. The molecule has 4 rings (SSSR count). The summed E-state index contributed by atoms with van der Waals surface area (Å²) in [7, 11) is 0. The van der Waals surface area contributed by atoms with Crippen LogP contribution < -0.4 is 4.74 Å². The van der Waals surface area contributed by atoms with E-state index in [4.69, 9.17) is 9.26 Å². The molecule has 1 unspecified atom stereocenters. The standard InChI is InChI=1S/C19H22FN3O3/c1-13-17(12-25-16-6-2-4-14(20)10-16)18(21-26-13)19(24)23-9-8-22-7-3-5-15(22)11-23/h2,4,6,10,15H,3,5,7-9,11-12H2,1H3. The molecule has 1 amide bonds. The number of hydrogen-bond acceptors (Lipinski definition) is 5. The number of ether oxygens (including phenoxy) is 1. The summed E-state index contributed by atoms with van der Waals surface area (Å²) in [6.07, 6.45) is 2.33. The maximum absolute atomic E-state index is 13.3. The number of nitrogens with zero attached hydrogens (tertiary/aromatic N) is 3. The topological polar surface area (TPSA) is 58.8 Å². The summed E-state index contributed by atoms with van der Waals surface area (Å²) in [5.74, 6) is 0.467. The van der Waals surface area contributed by atoms with Crippen LogP contribution in [0.25, 0.3) is 0 Å². The van der Waals surface area contributed by atoms with E-state index in [-0.39, 0.29) is 18.3 Å². The van der Waals surface area contributed by atoms with Gasteiger partial charge in [0, 0.05) is 31.7 Å². The number of fused-ring (bicyclic) bond motifs is 1. The van der Waals surface area contributed by atoms with E-state index in [2.05, 4.69) is 10.1 Å².